The standard InChI is InChI=1S/C10H15N3O/c1-7-10(12-6-5-11-7)13-8-3-2-4-9(8)14/h5-6,8-9,14H,2-4H2,1H3,(H,12,13). The Labute approximate surface area is 83.4 Å². The minimum absolute atomic E-state index is 0.144. The second kappa shape index (κ2) is 3.92. The fraction of sp³-hybridized carbons (Fsp3) is 0.600. The summed E-state index contributed by atoms with van der Waals surface area (Å²) in [6, 6.07) is 0.144. The number of anilines is 1. The van der Waals surface area contributed by atoms with Crippen molar-refractivity contribution in [3.8, 4) is 0 Å². The molecule has 1 aromatic heterocycles. The fourth-order valence-corrected chi connectivity index (χ4v) is 1.83. The lowest BCUT2D eigenvalue weighted by atomic mass is 10.2. The van der Waals surface area contributed by atoms with Crippen LogP contribution in [0.1, 0.15) is 25.0 Å². The highest BCUT2D eigenvalue weighted by Gasteiger charge is 2.25. The molecule has 1 aliphatic rings. The molecule has 2 atom stereocenters. The SMILES string of the molecule is Cc1nccnc1NC1CCCC1O. The molecule has 2 rings (SSSR count). The van der Waals surface area contributed by atoms with E-state index in [0.29, 0.717) is 0 Å². The summed E-state index contributed by atoms with van der Waals surface area (Å²) in [4.78, 5) is 8.33. The van der Waals surface area contributed by atoms with E-state index < -0.39 is 0 Å². The third kappa shape index (κ3) is 1.85. The Morgan fingerprint density at radius 3 is 2.79 bits per heavy atom. The lowest BCUT2D eigenvalue weighted by molar-refractivity contribution is 0.171. The van der Waals surface area contributed by atoms with Gasteiger partial charge in [-0.1, -0.05) is 0 Å². The Balaban J connectivity index is 2.07. The normalized spacial score (nSPS) is 26.4. The molecule has 4 nitrogen and oxygen atoms in total. The average Bonchev–Trinajstić information content (AvgIpc) is 2.56. The van der Waals surface area contributed by atoms with Crippen LogP contribution < -0.4 is 5.32 Å². The van der Waals surface area contributed by atoms with E-state index in [1.807, 2.05) is 6.92 Å². The smallest absolute Gasteiger partial charge is 0.147 e. The van der Waals surface area contributed by atoms with Crippen LogP contribution in [0.25, 0.3) is 0 Å². The van der Waals surface area contributed by atoms with Gasteiger partial charge in [-0.2, -0.15) is 0 Å². The van der Waals surface area contributed by atoms with E-state index in [4.69, 9.17) is 0 Å². The van der Waals surface area contributed by atoms with Gasteiger partial charge in [0.1, 0.15) is 5.82 Å². The van der Waals surface area contributed by atoms with E-state index in [2.05, 4.69) is 15.3 Å². The van der Waals surface area contributed by atoms with Gasteiger partial charge in [-0.3, -0.25) is 4.98 Å². The van der Waals surface area contributed by atoms with Gasteiger partial charge in [0.25, 0.3) is 0 Å². The summed E-state index contributed by atoms with van der Waals surface area (Å²) in [5.74, 6) is 0.790. The van der Waals surface area contributed by atoms with Crippen LogP contribution in [0.2, 0.25) is 0 Å². The summed E-state index contributed by atoms with van der Waals surface area (Å²) in [5.41, 5.74) is 0.881. The number of hydrogen-bond acceptors (Lipinski definition) is 4. The van der Waals surface area contributed by atoms with E-state index >= 15 is 0 Å². The third-order valence-electron chi connectivity index (χ3n) is 2.68. The van der Waals surface area contributed by atoms with Crippen molar-refractivity contribution in [2.45, 2.75) is 38.3 Å². The fourth-order valence-electron chi connectivity index (χ4n) is 1.83. The molecule has 1 fully saturated rings. The minimum Gasteiger partial charge on any atom is -0.391 e. The van der Waals surface area contributed by atoms with Crippen molar-refractivity contribution in [2.75, 3.05) is 5.32 Å². The third-order valence-corrected chi connectivity index (χ3v) is 2.68. The molecule has 1 aliphatic carbocycles. The molecule has 1 aromatic rings. The summed E-state index contributed by atoms with van der Waals surface area (Å²) in [7, 11) is 0. The Hall–Kier alpha value is -1.16. The van der Waals surface area contributed by atoms with Crippen LogP contribution in [0.15, 0.2) is 12.4 Å². The van der Waals surface area contributed by atoms with E-state index in [-0.39, 0.29) is 12.1 Å². The van der Waals surface area contributed by atoms with E-state index in [1.54, 1.807) is 12.4 Å². The molecule has 0 bridgehead atoms. The molecule has 2 unspecified atom stereocenters. The number of rotatable bonds is 2. The zero-order chi connectivity index (χ0) is 9.97. The molecule has 1 saturated carbocycles. The zero-order valence-electron chi connectivity index (χ0n) is 8.27. The van der Waals surface area contributed by atoms with Gasteiger partial charge in [-0.05, 0) is 26.2 Å². The molecular formula is C10H15N3O. The summed E-state index contributed by atoms with van der Waals surface area (Å²) < 4.78 is 0. The number of aromatic nitrogens is 2. The van der Waals surface area contributed by atoms with Crippen LogP contribution in [0, 0.1) is 6.92 Å². The maximum Gasteiger partial charge on any atom is 0.147 e. The van der Waals surface area contributed by atoms with Gasteiger partial charge < -0.3 is 10.4 Å². The molecule has 0 spiro atoms. The van der Waals surface area contributed by atoms with Gasteiger partial charge in [0.05, 0.1) is 17.8 Å². The van der Waals surface area contributed by atoms with Crippen LogP contribution in [-0.4, -0.2) is 27.2 Å². The molecule has 2 N–H and O–H groups in total. The van der Waals surface area contributed by atoms with Gasteiger partial charge in [-0.25, -0.2) is 4.98 Å². The first kappa shape index (κ1) is 9.40. The first-order chi connectivity index (χ1) is 6.77. The van der Waals surface area contributed by atoms with Crippen molar-refractivity contribution in [3.05, 3.63) is 18.1 Å². The Morgan fingerprint density at radius 2 is 2.14 bits per heavy atom. The Bertz CT molecular complexity index is 316. The Kier molecular flexibility index (Phi) is 2.63. The predicted octanol–water partition coefficient (Wildman–Crippen LogP) is 1.11. The molecule has 0 aliphatic heterocycles. The molecule has 0 saturated heterocycles. The first-order valence-corrected chi connectivity index (χ1v) is 4.99. The van der Waals surface area contributed by atoms with E-state index in [9.17, 15) is 5.11 Å². The first-order valence-electron chi connectivity index (χ1n) is 4.99. The highest BCUT2D eigenvalue weighted by atomic mass is 16.3. The topological polar surface area (TPSA) is 58.0 Å². The molecule has 0 radical (unpaired) electrons. The highest BCUT2D eigenvalue weighted by Crippen LogP contribution is 2.22. The molecule has 4 heteroatoms. The van der Waals surface area contributed by atoms with E-state index in [1.165, 1.54) is 0 Å². The highest BCUT2D eigenvalue weighted by molar-refractivity contribution is 5.39. The predicted molar refractivity (Wildman–Crippen MR) is 54.0 cm³/mol. The summed E-state index contributed by atoms with van der Waals surface area (Å²) in [6.45, 7) is 1.91. The second-order valence-electron chi connectivity index (χ2n) is 3.74. The lowest BCUT2D eigenvalue weighted by Crippen LogP contribution is -2.28. The largest absolute Gasteiger partial charge is 0.391 e. The van der Waals surface area contributed by atoms with E-state index in [0.717, 1.165) is 30.8 Å². The number of aryl methyl sites for hydroxylation is 1. The lowest BCUT2D eigenvalue weighted by Gasteiger charge is -2.17. The van der Waals surface area contributed by atoms with Crippen molar-refractivity contribution in [3.63, 3.8) is 0 Å². The van der Waals surface area contributed by atoms with Crippen molar-refractivity contribution in [2.24, 2.45) is 0 Å². The van der Waals surface area contributed by atoms with Crippen LogP contribution in [-0.2, 0) is 0 Å². The van der Waals surface area contributed by atoms with Crippen LogP contribution in [0.3, 0.4) is 0 Å². The quantitative estimate of drug-likeness (QED) is 0.738. The maximum atomic E-state index is 9.63. The van der Waals surface area contributed by atoms with Crippen molar-refractivity contribution in [1.82, 2.24) is 9.97 Å². The van der Waals surface area contributed by atoms with Gasteiger partial charge in [0.2, 0.25) is 0 Å². The maximum absolute atomic E-state index is 9.63. The van der Waals surface area contributed by atoms with Gasteiger partial charge >= 0.3 is 0 Å². The number of nitrogens with zero attached hydrogens (tertiary/aromatic N) is 2. The van der Waals surface area contributed by atoms with Crippen LogP contribution >= 0.6 is 0 Å². The molecule has 0 amide bonds. The molecular weight excluding hydrogens is 178 g/mol. The van der Waals surface area contributed by atoms with Gasteiger partial charge in [0, 0.05) is 12.4 Å². The number of nitrogens with one attached hydrogen (secondary N) is 1. The summed E-state index contributed by atoms with van der Waals surface area (Å²) in [6.07, 6.45) is 6.07. The van der Waals surface area contributed by atoms with Gasteiger partial charge in [0.15, 0.2) is 0 Å². The van der Waals surface area contributed by atoms with Crippen molar-refractivity contribution >= 4 is 5.82 Å². The van der Waals surface area contributed by atoms with Crippen molar-refractivity contribution in [1.29, 1.82) is 0 Å². The Morgan fingerprint density at radius 1 is 1.36 bits per heavy atom. The van der Waals surface area contributed by atoms with Gasteiger partial charge in [-0.15, -0.1) is 0 Å². The molecule has 14 heavy (non-hydrogen) atoms. The number of aliphatic hydroxyl groups excluding tert-OH is 1. The average molecular weight is 193 g/mol. The minimum atomic E-state index is -0.239. The second-order valence-corrected chi connectivity index (χ2v) is 3.74. The molecule has 76 valence electrons. The van der Waals surface area contributed by atoms with Crippen LogP contribution in [0.4, 0.5) is 5.82 Å². The number of aliphatic hydroxyl groups is 1. The summed E-state index contributed by atoms with van der Waals surface area (Å²) in [5, 5.41) is 12.9. The van der Waals surface area contributed by atoms with Crippen LogP contribution in [0.5, 0.6) is 0 Å². The van der Waals surface area contributed by atoms with Crippen molar-refractivity contribution < 1.29 is 5.11 Å². The zero-order valence-corrected chi connectivity index (χ0v) is 8.27. The molecule has 0 aromatic carbocycles. The number of hydrogen-bond donors (Lipinski definition) is 2. The molecule has 1 heterocycles. The monoisotopic (exact) mass is 193 g/mol. The summed E-state index contributed by atoms with van der Waals surface area (Å²) >= 11 is 0.